The van der Waals surface area contributed by atoms with Gasteiger partial charge in [0.25, 0.3) is 0 Å². The summed E-state index contributed by atoms with van der Waals surface area (Å²) in [6.07, 6.45) is 6.55. The number of hydrogen-bond donors (Lipinski definition) is 3. The van der Waals surface area contributed by atoms with Gasteiger partial charge in [-0.05, 0) is 52.2 Å². The molecule has 0 radical (unpaired) electrons. The fourth-order valence-corrected chi connectivity index (χ4v) is 1.99. The molecule has 0 fully saturated rings. The molecule has 0 saturated heterocycles. The minimum Gasteiger partial charge on any atom is -0.456 e. The summed E-state index contributed by atoms with van der Waals surface area (Å²) in [5.74, 6) is -0.634. The molecule has 22 heavy (non-hydrogen) atoms. The Labute approximate surface area is 131 Å². The molecule has 0 aliphatic carbocycles. The highest BCUT2D eigenvalue weighted by molar-refractivity contribution is 5.82. The van der Waals surface area contributed by atoms with E-state index in [2.05, 4.69) is 0 Å². The summed E-state index contributed by atoms with van der Waals surface area (Å²) >= 11 is 0. The van der Waals surface area contributed by atoms with Crippen LogP contribution in [0, 0.1) is 0 Å². The molecule has 0 bridgehead atoms. The molecule has 0 unspecified atom stereocenters. The van der Waals surface area contributed by atoms with Crippen LogP contribution in [0.1, 0.15) is 40.5 Å². The van der Waals surface area contributed by atoms with Crippen LogP contribution < -0.4 is 0 Å². The van der Waals surface area contributed by atoms with Crippen molar-refractivity contribution in [3.8, 4) is 0 Å². The first-order valence-corrected chi connectivity index (χ1v) is 7.42. The van der Waals surface area contributed by atoms with Gasteiger partial charge in [0.05, 0.1) is 17.3 Å². The van der Waals surface area contributed by atoms with Gasteiger partial charge in [-0.2, -0.15) is 0 Å². The van der Waals surface area contributed by atoms with Gasteiger partial charge in [-0.3, -0.25) is 0 Å². The van der Waals surface area contributed by atoms with Crippen molar-refractivity contribution in [2.45, 2.75) is 63.9 Å². The van der Waals surface area contributed by atoms with Crippen molar-refractivity contribution >= 4 is 5.97 Å². The third kappa shape index (κ3) is 5.75. The van der Waals surface area contributed by atoms with Crippen molar-refractivity contribution in [2.24, 2.45) is 0 Å². The zero-order chi connectivity index (χ0) is 17.0. The maximum atomic E-state index is 11.7. The standard InChI is InChI=1S/C17H26O5/c1-12-6-5-9-17(4,21)13(2)22-15(19)8-11-16(3,20)10-7-14(12)18/h6-8,10-11,13-14,18,20-21H,5,9H2,1-4H3/b10-7-,11-8-,12-6-/t13-,14+,16-,17+/m1/s1. The number of aliphatic hydroxyl groups excluding tert-OH is 1. The SMILES string of the molecule is C/C1=C/CC[C@](C)(O)[C@@H](C)OC(=O)/C=C\[C@](C)(O)/C=C\[C@@H]1O. The number of ether oxygens (including phenoxy) is 1. The lowest BCUT2D eigenvalue weighted by Crippen LogP contribution is -2.40. The number of carbonyl (C=O) groups excluding carboxylic acids is 1. The maximum Gasteiger partial charge on any atom is 0.330 e. The predicted molar refractivity (Wildman–Crippen MR) is 84.1 cm³/mol. The Bertz CT molecular complexity index is 485. The highest BCUT2D eigenvalue weighted by atomic mass is 16.6. The van der Waals surface area contributed by atoms with Gasteiger partial charge in [-0.25, -0.2) is 4.79 Å². The van der Waals surface area contributed by atoms with Crippen molar-refractivity contribution in [1.29, 1.82) is 0 Å². The summed E-state index contributed by atoms with van der Waals surface area (Å²) in [6, 6.07) is 0. The Morgan fingerprint density at radius 3 is 2.55 bits per heavy atom. The molecule has 4 atom stereocenters. The summed E-state index contributed by atoms with van der Waals surface area (Å²) < 4.78 is 5.17. The number of hydrogen-bond acceptors (Lipinski definition) is 5. The molecular formula is C17H26O5. The Balaban J connectivity index is 3.08. The third-order valence-corrected chi connectivity index (χ3v) is 3.92. The van der Waals surface area contributed by atoms with Crippen molar-refractivity contribution in [1.82, 2.24) is 0 Å². The molecule has 0 spiro atoms. The van der Waals surface area contributed by atoms with Crippen molar-refractivity contribution < 1.29 is 24.9 Å². The summed E-state index contributed by atoms with van der Waals surface area (Å²) in [5, 5.41) is 30.5. The molecule has 1 rings (SSSR count). The lowest BCUT2D eigenvalue weighted by atomic mass is 9.93. The minimum atomic E-state index is -1.38. The molecule has 5 nitrogen and oxygen atoms in total. The zero-order valence-corrected chi connectivity index (χ0v) is 13.6. The van der Waals surface area contributed by atoms with E-state index in [0.717, 1.165) is 11.6 Å². The molecule has 0 aromatic carbocycles. The van der Waals surface area contributed by atoms with Gasteiger partial charge in [-0.15, -0.1) is 0 Å². The first kappa shape index (κ1) is 18.6. The van der Waals surface area contributed by atoms with Gasteiger partial charge in [0, 0.05) is 6.08 Å². The highest BCUT2D eigenvalue weighted by Gasteiger charge is 2.30. The summed E-state index contributed by atoms with van der Waals surface area (Å²) in [5.41, 5.74) is -1.82. The predicted octanol–water partition coefficient (Wildman–Crippen LogP) is 1.63. The normalized spacial score (nSPS) is 43.4. The van der Waals surface area contributed by atoms with Crippen LogP contribution in [0.2, 0.25) is 0 Å². The van der Waals surface area contributed by atoms with Crippen LogP contribution in [-0.2, 0) is 9.53 Å². The molecule has 0 saturated carbocycles. The molecule has 124 valence electrons. The minimum absolute atomic E-state index is 0.399. The van der Waals surface area contributed by atoms with Gasteiger partial charge < -0.3 is 20.1 Å². The fourth-order valence-electron chi connectivity index (χ4n) is 1.99. The summed E-state index contributed by atoms with van der Waals surface area (Å²) in [7, 11) is 0. The largest absolute Gasteiger partial charge is 0.456 e. The van der Waals surface area contributed by atoms with E-state index >= 15 is 0 Å². The average Bonchev–Trinajstić information content (AvgIpc) is 2.41. The quantitative estimate of drug-likeness (QED) is 0.468. The second kappa shape index (κ2) is 7.22. The molecule has 1 aliphatic rings. The summed E-state index contributed by atoms with van der Waals surface area (Å²) in [4.78, 5) is 11.7. The molecule has 0 aromatic rings. The summed E-state index contributed by atoms with van der Waals surface area (Å²) in [6.45, 7) is 6.51. The smallest absolute Gasteiger partial charge is 0.330 e. The lowest BCUT2D eigenvalue weighted by Gasteiger charge is -2.29. The van der Waals surface area contributed by atoms with E-state index in [4.69, 9.17) is 4.74 Å². The van der Waals surface area contributed by atoms with Gasteiger partial charge in [-0.1, -0.05) is 18.2 Å². The first-order chi connectivity index (χ1) is 10.0. The fraction of sp³-hybridized carbons (Fsp3) is 0.588. The van der Waals surface area contributed by atoms with E-state index in [1.807, 2.05) is 6.08 Å². The second-order valence-corrected chi connectivity index (χ2v) is 6.29. The topological polar surface area (TPSA) is 87.0 Å². The molecule has 0 aromatic heterocycles. The third-order valence-electron chi connectivity index (χ3n) is 3.92. The Hall–Kier alpha value is -1.43. The van der Waals surface area contributed by atoms with E-state index < -0.39 is 29.4 Å². The molecule has 1 heterocycles. The van der Waals surface area contributed by atoms with Crippen molar-refractivity contribution in [3.05, 3.63) is 36.0 Å². The van der Waals surface area contributed by atoms with Gasteiger partial charge in [0.2, 0.25) is 0 Å². The van der Waals surface area contributed by atoms with Crippen LogP contribution in [0.15, 0.2) is 36.0 Å². The van der Waals surface area contributed by atoms with Crippen LogP contribution in [0.4, 0.5) is 0 Å². The van der Waals surface area contributed by atoms with E-state index in [1.165, 1.54) is 25.2 Å². The van der Waals surface area contributed by atoms with Crippen LogP contribution in [-0.4, -0.2) is 44.7 Å². The number of carbonyl (C=O) groups is 1. The van der Waals surface area contributed by atoms with Gasteiger partial charge >= 0.3 is 5.97 Å². The molecule has 0 amide bonds. The van der Waals surface area contributed by atoms with Gasteiger partial charge in [0.1, 0.15) is 6.10 Å². The number of aliphatic hydroxyl groups is 3. The second-order valence-electron chi connectivity index (χ2n) is 6.29. The van der Waals surface area contributed by atoms with Crippen LogP contribution >= 0.6 is 0 Å². The first-order valence-electron chi connectivity index (χ1n) is 7.42. The van der Waals surface area contributed by atoms with Gasteiger partial charge in [0.15, 0.2) is 0 Å². The maximum absolute atomic E-state index is 11.7. The van der Waals surface area contributed by atoms with E-state index in [-0.39, 0.29) is 0 Å². The van der Waals surface area contributed by atoms with E-state index in [0.29, 0.717) is 12.8 Å². The lowest BCUT2D eigenvalue weighted by molar-refractivity contribution is -0.156. The van der Waals surface area contributed by atoms with Crippen LogP contribution in [0.5, 0.6) is 0 Å². The monoisotopic (exact) mass is 310 g/mol. The highest BCUT2D eigenvalue weighted by Crippen LogP contribution is 2.22. The van der Waals surface area contributed by atoms with Crippen molar-refractivity contribution in [2.75, 3.05) is 0 Å². The van der Waals surface area contributed by atoms with E-state index in [1.54, 1.807) is 20.8 Å². The number of esters is 1. The van der Waals surface area contributed by atoms with E-state index in [9.17, 15) is 20.1 Å². The number of rotatable bonds is 0. The Morgan fingerprint density at radius 2 is 1.91 bits per heavy atom. The molecule has 3 N–H and O–H groups in total. The molecular weight excluding hydrogens is 284 g/mol. The van der Waals surface area contributed by atoms with Crippen LogP contribution in [0.25, 0.3) is 0 Å². The number of allylic oxidation sites excluding steroid dienone is 1. The molecule has 1 aliphatic heterocycles. The number of cyclic esters (lactones) is 1. The average molecular weight is 310 g/mol. The Morgan fingerprint density at radius 1 is 1.27 bits per heavy atom. The molecule has 5 heteroatoms. The van der Waals surface area contributed by atoms with Crippen LogP contribution in [0.3, 0.4) is 0 Å². The van der Waals surface area contributed by atoms with Crippen molar-refractivity contribution in [3.63, 3.8) is 0 Å². The zero-order valence-electron chi connectivity index (χ0n) is 13.6. The Kier molecular flexibility index (Phi) is 6.11.